The molecule has 2 aromatic rings. The molecule has 0 aliphatic rings. The molecule has 1 heterocycles. The van der Waals surface area contributed by atoms with E-state index in [1.54, 1.807) is 12.5 Å². The number of anilines is 1. The van der Waals surface area contributed by atoms with Crippen molar-refractivity contribution in [3.8, 4) is 0 Å². The van der Waals surface area contributed by atoms with Crippen LogP contribution in [0.4, 0.5) is 5.69 Å². The standard InChI is InChI=1S/C15H20N4O/c1-12(10-19-7-6-17-11-19)9-18-15(20)8-13-2-4-14(16)5-3-13/h2-7,11-12H,8-10,16H2,1H3,(H,18,20). The van der Waals surface area contributed by atoms with E-state index in [0.29, 0.717) is 24.6 Å². The Morgan fingerprint density at radius 2 is 2.15 bits per heavy atom. The smallest absolute Gasteiger partial charge is 0.224 e. The van der Waals surface area contributed by atoms with Crippen molar-refractivity contribution >= 4 is 11.6 Å². The average molecular weight is 272 g/mol. The lowest BCUT2D eigenvalue weighted by Crippen LogP contribution is -2.31. The van der Waals surface area contributed by atoms with Gasteiger partial charge in [-0.15, -0.1) is 0 Å². The van der Waals surface area contributed by atoms with Crippen LogP contribution in [0, 0.1) is 5.92 Å². The number of hydrogen-bond acceptors (Lipinski definition) is 3. The van der Waals surface area contributed by atoms with Crippen LogP contribution < -0.4 is 11.1 Å². The van der Waals surface area contributed by atoms with Crippen molar-refractivity contribution in [3.05, 3.63) is 48.5 Å². The van der Waals surface area contributed by atoms with Crippen LogP contribution in [-0.2, 0) is 17.8 Å². The summed E-state index contributed by atoms with van der Waals surface area (Å²) in [6.07, 6.45) is 5.85. The predicted molar refractivity (Wildman–Crippen MR) is 79.0 cm³/mol. The fraction of sp³-hybridized carbons (Fsp3) is 0.333. The molecular weight excluding hydrogens is 252 g/mol. The quantitative estimate of drug-likeness (QED) is 0.782. The zero-order valence-corrected chi connectivity index (χ0v) is 11.6. The Kier molecular flexibility index (Phi) is 4.76. The van der Waals surface area contributed by atoms with Crippen molar-refractivity contribution in [1.82, 2.24) is 14.9 Å². The Bertz CT molecular complexity index is 534. The average Bonchev–Trinajstić information content (AvgIpc) is 2.92. The van der Waals surface area contributed by atoms with E-state index in [-0.39, 0.29) is 5.91 Å². The third-order valence-corrected chi connectivity index (χ3v) is 3.07. The number of nitrogen functional groups attached to an aromatic ring is 1. The highest BCUT2D eigenvalue weighted by atomic mass is 16.1. The van der Waals surface area contributed by atoms with Gasteiger partial charge < -0.3 is 15.6 Å². The van der Waals surface area contributed by atoms with E-state index in [2.05, 4.69) is 17.2 Å². The third kappa shape index (κ3) is 4.42. The molecule has 0 radical (unpaired) electrons. The number of nitrogens with zero attached hydrogens (tertiary/aromatic N) is 2. The molecule has 0 saturated carbocycles. The summed E-state index contributed by atoms with van der Waals surface area (Å²) in [6.45, 7) is 3.61. The first kappa shape index (κ1) is 14.1. The van der Waals surface area contributed by atoms with Crippen molar-refractivity contribution in [2.24, 2.45) is 5.92 Å². The molecule has 2 rings (SSSR count). The van der Waals surface area contributed by atoms with Crippen LogP contribution in [0.5, 0.6) is 0 Å². The van der Waals surface area contributed by atoms with Crippen molar-refractivity contribution in [2.75, 3.05) is 12.3 Å². The third-order valence-electron chi connectivity index (χ3n) is 3.07. The minimum atomic E-state index is 0.0345. The Morgan fingerprint density at radius 3 is 2.80 bits per heavy atom. The van der Waals surface area contributed by atoms with Gasteiger partial charge in [-0.3, -0.25) is 4.79 Å². The maximum absolute atomic E-state index is 11.8. The Balaban J connectivity index is 1.73. The molecule has 1 aromatic heterocycles. The van der Waals surface area contributed by atoms with Gasteiger partial charge in [0.1, 0.15) is 0 Å². The predicted octanol–water partition coefficient (Wildman–Crippen LogP) is 1.46. The van der Waals surface area contributed by atoms with E-state index in [9.17, 15) is 4.79 Å². The maximum atomic E-state index is 11.8. The highest BCUT2D eigenvalue weighted by molar-refractivity contribution is 5.78. The number of imidazole rings is 1. The molecule has 5 nitrogen and oxygen atoms in total. The van der Waals surface area contributed by atoms with Crippen LogP contribution in [0.2, 0.25) is 0 Å². The number of hydrogen-bond donors (Lipinski definition) is 2. The molecule has 0 fully saturated rings. The summed E-state index contributed by atoms with van der Waals surface area (Å²) in [4.78, 5) is 15.8. The van der Waals surface area contributed by atoms with Gasteiger partial charge in [0, 0.05) is 31.2 Å². The van der Waals surface area contributed by atoms with Gasteiger partial charge in [0.25, 0.3) is 0 Å². The highest BCUT2D eigenvalue weighted by Crippen LogP contribution is 2.06. The number of carbonyl (C=O) groups excluding carboxylic acids is 1. The second-order valence-corrected chi connectivity index (χ2v) is 5.09. The highest BCUT2D eigenvalue weighted by Gasteiger charge is 2.07. The fourth-order valence-corrected chi connectivity index (χ4v) is 1.99. The molecule has 3 N–H and O–H groups in total. The Labute approximate surface area is 118 Å². The zero-order chi connectivity index (χ0) is 14.4. The van der Waals surface area contributed by atoms with Gasteiger partial charge in [-0.1, -0.05) is 19.1 Å². The molecule has 1 amide bonds. The van der Waals surface area contributed by atoms with E-state index in [1.165, 1.54) is 0 Å². The first-order valence-electron chi connectivity index (χ1n) is 6.70. The van der Waals surface area contributed by atoms with E-state index in [1.807, 2.05) is 35.0 Å². The van der Waals surface area contributed by atoms with Gasteiger partial charge in [0.05, 0.1) is 12.7 Å². The molecule has 0 spiro atoms. The summed E-state index contributed by atoms with van der Waals surface area (Å²) < 4.78 is 2.01. The minimum absolute atomic E-state index is 0.0345. The van der Waals surface area contributed by atoms with E-state index >= 15 is 0 Å². The SMILES string of the molecule is CC(CNC(=O)Cc1ccc(N)cc1)Cn1ccnc1. The number of aromatic nitrogens is 2. The molecule has 1 atom stereocenters. The van der Waals surface area contributed by atoms with Gasteiger partial charge in [-0.25, -0.2) is 4.98 Å². The molecule has 5 heteroatoms. The molecule has 0 aliphatic heterocycles. The summed E-state index contributed by atoms with van der Waals surface area (Å²) in [5.74, 6) is 0.395. The normalized spacial score (nSPS) is 12.1. The van der Waals surface area contributed by atoms with Crippen LogP contribution >= 0.6 is 0 Å². The van der Waals surface area contributed by atoms with Crippen LogP contribution in [0.1, 0.15) is 12.5 Å². The molecular formula is C15H20N4O. The maximum Gasteiger partial charge on any atom is 0.224 e. The minimum Gasteiger partial charge on any atom is -0.399 e. The van der Waals surface area contributed by atoms with Crippen LogP contribution in [0.25, 0.3) is 0 Å². The van der Waals surface area contributed by atoms with E-state index in [4.69, 9.17) is 5.73 Å². The number of amides is 1. The van der Waals surface area contributed by atoms with E-state index < -0.39 is 0 Å². The van der Waals surface area contributed by atoms with Crippen molar-refractivity contribution in [1.29, 1.82) is 0 Å². The molecule has 1 aromatic carbocycles. The molecule has 1 unspecified atom stereocenters. The molecule has 0 bridgehead atoms. The van der Waals surface area contributed by atoms with E-state index in [0.717, 1.165) is 12.1 Å². The van der Waals surface area contributed by atoms with Crippen molar-refractivity contribution in [2.45, 2.75) is 19.9 Å². The summed E-state index contributed by atoms with van der Waals surface area (Å²) in [5, 5.41) is 2.95. The van der Waals surface area contributed by atoms with Gasteiger partial charge in [-0.2, -0.15) is 0 Å². The zero-order valence-electron chi connectivity index (χ0n) is 11.6. The number of carbonyl (C=O) groups is 1. The first-order valence-corrected chi connectivity index (χ1v) is 6.70. The van der Waals surface area contributed by atoms with Crippen molar-refractivity contribution in [3.63, 3.8) is 0 Å². The molecule has 106 valence electrons. The summed E-state index contributed by atoms with van der Waals surface area (Å²) in [5.41, 5.74) is 7.29. The lowest BCUT2D eigenvalue weighted by Gasteiger charge is -2.13. The Morgan fingerprint density at radius 1 is 1.40 bits per heavy atom. The van der Waals surface area contributed by atoms with Gasteiger partial charge in [0.2, 0.25) is 5.91 Å². The number of benzene rings is 1. The lowest BCUT2D eigenvalue weighted by molar-refractivity contribution is -0.120. The number of nitrogens with two attached hydrogens (primary N) is 1. The fourth-order valence-electron chi connectivity index (χ4n) is 1.99. The summed E-state index contributed by atoms with van der Waals surface area (Å²) in [7, 11) is 0. The van der Waals surface area contributed by atoms with Crippen LogP contribution in [0.3, 0.4) is 0 Å². The van der Waals surface area contributed by atoms with Gasteiger partial charge >= 0.3 is 0 Å². The molecule has 0 aliphatic carbocycles. The van der Waals surface area contributed by atoms with Gasteiger partial charge in [0.15, 0.2) is 0 Å². The van der Waals surface area contributed by atoms with Gasteiger partial charge in [-0.05, 0) is 23.6 Å². The first-order chi connectivity index (χ1) is 9.63. The second-order valence-electron chi connectivity index (χ2n) is 5.09. The monoisotopic (exact) mass is 272 g/mol. The molecule has 20 heavy (non-hydrogen) atoms. The summed E-state index contributed by atoms with van der Waals surface area (Å²) in [6, 6.07) is 7.38. The van der Waals surface area contributed by atoms with Crippen LogP contribution in [-0.4, -0.2) is 22.0 Å². The van der Waals surface area contributed by atoms with Crippen molar-refractivity contribution < 1.29 is 4.79 Å². The Hall–Kier alpha value is -2.30. The number of rotatable bonds is 6. The topological polar surface area (TPSA) is 72.9 Å². The molecule has 0 saturated heterocycles. The second kappa shape index (κ2) is 6.75. The largest absolute Gasteiger partial charge is 0.399 e. The summed E-state index contributed by atoms with van der Waals surface area (Å²) >= 11 is 0. The lowest BCUT2D eigenvalue weighted by atomic mass is 10.1. The van der Waals surface area contributed by atoms with Crippen LogP contribution in [0.15, 0.2) is 43.0 Å². The number of nitrogens with one attached hydrogen (secondary N) is 1.